The number of methoxy groups -OCH3 is 1. The Morgan fingerprint density at radius 2 is 2.12 bits per heavy atom. The second-order valence-electron chi connectivity index (χ2n) is 10.8. The van der Waals surface area contributed by atoms with E-state index in [1.807, 2.05) is 4.90 Å². The van der Waals surface area contributed by atoms with Gasteiger partial charge in [-0.1, -0.05) is 17.7 Å². The Kier molecular flexibility index (Phi) is 10.4. The van der Waals surface area contributed by atoms with E-state index in [9.17, 15) is 19.1 Å². The van der Waals surface area contributed by atoms with Gasteiger partial charge in [0.2, 0.25) is 5.91 Å². The maximum absolute atomic E-state index is 13.5. The smallest absolute Gasteiger partial charge is 0.326 e. The SMILES string of the molecule is CO[C@H](CF)CN(CCCCc1ccc2c(n1)NCCC2)CC[C@H](NC(=O)C1(c2c(Cl)ncn2C)CC1)C(=O)O. The lowest BCUT2D eigenvalue weighted by atomic mass is 10.0. The summed E-state index contributed by atoms with van der Waals surface area (Å²) in [7, 11) is 3.24. The number of pyridine rings is 1. The maximum Gasteiger partial charge on any atom is 0.326 e. The molecular formula is C28H40ClFN6O4. The summed E-state index contributed by atoms with van der Waals surface area (Å²) in [5.41, 5.74) is 2.04. The van der Waals surface area contributed by atoms with E-state index >= 15 is 0 Å². The number of ether oxygens (including phenoxy) is 1. The molecule has 220 valence electrons. The van der Waals surface area contributed by atoms with Gasteiger partial charge in [-0.3, -0.25) is 4.79 Å². The van der Waals surface area contributed by atoms with Crippen molar-refractivity contribution in [2.75, 3.05) is 45.3 Å². The number of aromatic nitrogens is 3. The largest absolute Gasteiger partial charge is 0.480 e. The Morgan fingerprint density at radius 3 is 2.77 bits per heavy atom. The van der Waals surface area contributed by atoms with E-state index in [-0.39, 0.29) is 17.5 Å². The zero-order valence-corrected chi connectivity index (χ0v) is 24.1. The number of nitrogens with zero attached hydrogens (tertiary/aromatic N) is 4. The zero-order valence-electron chi connectivity index (χ0n) is 23.3. The number of imidazole rings is 1. The summed E-state index contributed by atoms with van der Waals surface area (Å²) in [5, 5.41) is 16.2. The van der Waals surface area contributed by atoms with Crippen LogP contribution in [0.4, 0.5) is 10.2 Å². The number of fused-ring (bicyclic) bond motifs is 1. The van der Waals surface area contributed by atoms with Gasteiger partial charge < -0.3 is 29.9 Å². The predicted molar refractivity (Wildman–Crippen MR) is 151 cm³/mol. The van der Waals surface area contributed by atoms with Gasteiger partial charge in [-0.2, -0.15) is 0 Å². The second kappa shape index (κ2) is 13.7. The highest BCUT2D eigenvalue weighted by atomic mass is 35.5. The molecule has 2 atom stereocenters. The highest BCUT2D eigenvalue weighted by Crippen LogP contribution is 2.50. The average molecular weight is 579 g/mol. The van der Waals surface area contributed by atoms with Crippen molar-refractivity contribution < 1.29 is 23.8 Å². The van der Waals surface area contributed by atoms with E-state index in [0.717, 1.165) is 50.2 Å². The summed E-state index contributed by atoms with van der Waals surface area (Å²) in [6, 6.07) is 3.15. The molecule has 0 unspecified atom stereocenters. The van der Waals surface area contributed by atoms with Crippen molar-refractivity contribution in [3.63, 3.8) is 0 Å². The van der Waals surface area contributed by atoms with E-state index in [1.165, 1.54) is 12.7 Å². The van der Waals surface area contributed by atoms with E-state index in [1.54, 1.807) is 17.9 Å². The Balaban J connectivity index is 1.32. The topological polar surface area (TPSA) is 122 Å². The van der Waals surface area contributed by atoms with Crippen LogP contribution in [-0.4, -0.2) is 88.5 Å². The van der Waals surface area contributed by atoms with Gasteiger partial charge >= 0.3 is 5.97 Å². The average Bonchev–Trinajstić information content (AvgIpc) is 3.68. The molecule has 1 saturated carbocycles. The normalized spacial score (nSPS) is 17.1. The number of carbonyl (C=O) groups is 2. The third-order valence-electron chi connectivity index (χ3n) is 7.94. The third kappa shape index (κ3) is 7.30. The molecule has 1 amide bonds. The minimum absolute atomic E-state index is 0.178. The number of carboxylic acids is 1. The van der Waals surface area contributed by atoms with Crippen molar-refractivity contribution in [2.45, 2.75) is 68.9 Å². The van der Waals surface area contributed by atoms with Crippen molar-refractivity contribution in [2.24, 2.45) is 7.05 Å². The quantitative estimate of drug-likeness (QED) is 0.260. The predicted octanol–water partition coefficient (Wildman–Crippen LogP) is 3.13. The first-order chi connectivity index (χ1) is 19.3. The lowest BCUT2D eigenvalue weighted by molar-refractivity contribution is -0.142. The number of carbonyl (C=O) groups excluding carboxylic acids is 1. The van der Waals surface area contributed by atoms with Gasteiger partial charge in [-0.05, 0) is 69.5 Å². The maximum atomic E-state index is 13.5. The summed E-state index contributed by atoms with van der Waals surface area (Å²) < 4.78 is 20.4. The number of anilines is 1. The van der Waals surface area contributed by atoms with E-state index in [0.29, 0.717) is 38.2 Å². The van der Waals surface area contributed by atoms with Crippen LogP contribution in [0, 0.1) is 0 Å². The number of unbranched alkanes of at least 4 members (excludes halogenated alkanes) is 1. The fourth-order valence-corrected chi connectivity index (χ4v) is 5.77. The van der Waals surface area contributed by atoms with Crippen LogP contribution in [-0.2, 0) is 39.6 Å². The van der Waals surface area contributed by atoms with Crippen LogP contribution in [0.15, 0.2) is 18.5 Å². The second-order valence-corrected chi connectivity index (χ2v) is 11.2. The van der Waals surface area contributed by atoms with Crippen LogP contribution < -0.4 is 10.6 Å². The van der Waals surface area contributed by atoms with Crippen LogP contribution in [0.25, 0.3) is 0 Å². The first kappa shape index (κ1) is 30.2. The minimum atomic E-state index is -1.11. The fourth-order valence-electron chi connectivity index (χ4n) is 5.42. The summed E-state index contributed by atoms with van der Waals surface area (Å²) in [6.45, 7) is 1.67. The first-order valence-corrected chi connectivity index (χ1v) is 14.4. The molecule has 4 rings (SSSR count). The van der Waals surface area contributed by atoms with Crippen molar-refractivity contribution in [1.29, 1.82) is 0 Å². The Bertz CT molecular complexity index is 1150. The summed E-state index contributed by atoms with van der Waals surface area (Å²) in [4.78, 5) is 36.2. The third-order valence-corrected chi connectivity index (χ3v) is 8.22. The molecule has 40 heavy (non-hydrogen) atoms. The number of amides is 1. The molecule has 0 radical (unpaired) electrons. The molecule has 3 heterocycles. The number of hydrogen-bond donors (Lipinski definition) is 3. The fraction of sp³-hybridized carbons (Fsp3) is 0.643. The minimum Gasteiger partial charge on any atom is -0.480 e. The summed E-state index contributed by atoms with van der Waals surface area (Å²) >= 11 is 6.24. The molecule has 1 fully saturated rings. The molecule has 1 aliphatic carbocycles. The molecule has 0 spiro atoms. The van der Waals surface area contributed by atoms with Crippen LogP contribution >= 0.6 is 11.6 Å². The number of aliphatic carboxylic acids is 1. The molecule has 1 aliphatic heterocycles. The Labute approximate surface area is 239 Å². The van der Waals surface area contributed by atoms with Crippen molar-refractivity contribution in [3.05, 3.63) is 40.6 Å². The van der Waals surface area contributed by atoms with Crippen LogP contribution in [0.1, 0.15) is 55.5 Å². The van der Waals surface area contributed by atoms with Gasteiger partial charge in [-0.25, -0.2) is 19.2 Å². The van der Waals surface area contributed by atoms with Crippen LogP contribution in [0.5, 0.6) is 0 Å². The number of alkyl halides is 1. The van der Waals surface area contributed by atoms with E-state index in [4.69, 9.17) is 21.3 Å². The van der Waals surface area contributed by atoms with Crippen molar-refractivity contribution in [1.82, 2.24) is 24.8 Å². The van der Waals surface area contributed by atoms with Gasteiger partial charge in [0.05, 0.1) is 23.5 Å². The van der Waals surface area contributed by atoms with Crippen LogP contribution in [0.3, 0.4) is 0 Å². The van der Waals surface area contributed by atoms with Crippen LogP contribution in [0.2, 0.25) is 5.15 Å². The first-order valence-electron chi connectivity index (χ1n) is 14.0. The number of halogens is 2. The number of aryl methyl sites for hydroxylation is 3. The highest BCUT2D eigenvalue weighted by molar-refractivity contribution is 6.30. The molecule has 2 aromatic heterocycles. The standard InChI is InChI=1S/C28H40ClFN6O4/c1-35-18-32-24(29)23(35)28(11-12-28)27(39)34-22(26(37)38)10-15-36(17-21(16-30)40-2)14-4-3-7-20-9-8-19-6-5-13-31-25(19)33-20/h8-9,18,21-22H,3-7,10-17H2,1-2H3,(H,31,33)(H,34,39)(H,37,38)/t21-,22+/m1/s1. The molecule has 0 bridgehead atoms. The number of hydrogen-bond acceptors (Lipinski definition) is 7. The molecule has 2 aromatic rings. The molecule has 2 aliphatic rings. The van der Waals surface area contributed by atoms with E-state index < -0.39 is 30.2 Å². The van der Waals surface area contributed by atoms with Crippen molar-refractivity contribution in [3.8, 4) is 0 Å². The lowest BCUT2D eigenvalue weighted by Gasteiger charge is -2.27. The van der Waals surface area contributed by atoms with Gasteiger partial charge in [0, 0.05) is 39.5 Å². The Morgan fingerprint density at radius 1 is 1.32 bits per heavy atom. The monoisotopic (exact) mass is 578 g/mol. The van der Waals surface area contributed by atoms with Gasteiger partial charge in [0.1, 0.15) is 18.5 Å². The molecule has 3 N–H and O–H groups in total. The molecule has 0 saturated heterocycles. The van der Waals surface area contributed by atoms with Gasteiger partial charge in [0.25, 0.3) is 0 Å². The summed E-state index contributed by atoms with van der Waals surface area (Å²) in [5.74, 6) is -0.486. The van der Waals surface area contributed by atoms with Gasteiger partial charge in [-0.15, -0.1) is 0 Å². The highest BCUT2D eigenvalue weighted by Gasteiger charge is 2.55. The van der Waals surface area contributed by atoms with E-state index in [2.05, 4.69) is 27.8 Å². The lowest BCUT2D eigenvalue weighted by Crippen LogP contribution is -2.48. The number of carboxylic acid groups (broad SMARTS) is 1. The summed E-state index contributed by atoms with van der Waals surface area (Å²) in [6.07, 6.45) is 7.01. The zero-order chi connectivity index (χ0) is 28.7. The molecule has 10 nitrogen and oxygen atoms in total. The van der Waals surface area contributed by atoms with Gasteiger partial charge in [0.15, 0.2) is 5.15 Å². The molecular weight excluding hydrogens is 539 g/mol. The Hall–Kier alpha value is -2.76. The number of nitrogens with one attached hydrogen (secondary N) is 2. The molecule has 12 heteroatoms. The van der Waals surface area contributed by atoms with Crippen molar-refractivity contribution >= 4 is 29.3 Å². The number of rotatable bonds is 16. The molecule has 0 aromatic carbocycles.